The monoisotopic (exact) mass is 667 g/mol. The molecule has 0 spiro atoms. The quantitative estimate of drug-likeness (QED) is 0.201. The van der Waals surface area contributed by atoms with Crippen molar-refractivity contribution in [3.8, 4) is 6.07 Å². The smallest absolute Gasteiger partial charge is 0.262 e. The van der Waals surface area contributed by atoms with Crippen molar-refractivity contribution in [1.29, 1.82) is 5.26 Å². The van der Waals surface area contributed by atoms with Crippen LogP contribution < -0.4 is 10.6 Å². The van der Waals surface area contributed by atoms with Gasteiger partial charge in [-0.1, -0.05) is 42.5 Å². The number of nitrogens with zero attached hydrogens (tertiary/aromatic N) is 5. The zero-order chi connectivity index (χ0) is 34.8. The Bertz CT molecular complexity index is 2170. The fraction of sp³-hybridized carbons (Fsp3) is 0.237. The third kappa shape index (κ3) is 6.22. The Morgan fingerprint density at radius 2 is 1.68 bits per heavy atom. The molecule has 5 amide bonds. The van der Waals surface area contributed by atoms with Gasteiger partial charge in [0, 0.05) is 68.1 Å². The molecule has 1 fully saturated rings. The van der Waals surface area contributed by atoms with Gasteiger partial charge in [-0.2, -0.15) is 5.26 Å². The lowest BCUT2D eigenvalue weighted by molar-refractivity contribution is -0.136. The summed E-state index contributed by atoms with van der Waals surface area (Å²) in [5, 5.41) is 16.6. The van der Waals surface area contributed by atoms with Gasteiger partial charge in [-0.25, -0.2) is 4.98 Å². The molecule has 0 saturated carbocycles. The fourth-order valence-corrected chi connectivity index (χ4v) is 6.74. The summed E-state index contributed by atoms with van der Waals surface area (Å²) in [6.07, 6.45) is 2.30. The lowest BCUT2D eigenvalue weighted by Crippen LogP contribution is -2.54. The Morgan fingerprint density at radius 3 is 2.48 bits per heavy atom. The van der Waals surface area contributed by atoms with Gasteiger partial charge in [0.05, 0.1) is 22.7 Å². The third-order valence-corrected chi connectivity index (χ3v) is 9.29. The summed E-state index contributed by atoms with van der Waals surface area (Å²) >= 11 is 0. The molecule has 12 heteroatoms. The number of rotatable bonds is 11. The second-order valence-corrected chi connectivity index (χ2v) is 12.4. The van der Waals surface area contributed by atoms with Crippen molar-refractivity contribution in [2.24, 2.45) is 0 Å². The average molecular weight is 668 g/mol. The van der Waals surface area contributed by atoms with Crippen LogP contribution in [0.2, 0.25) is 0 Å². The van der Waals surface area contributed by atoms with Crippen LogP contribution in [0.4, 0.5) is 0 Å². The highest BCUT2D eigenvalue weighted by molar-refractivity contribution is 6.24. The summed E-state index contributed by atoms with van der Waals surface area (Å²) in [6, 6.07) is 25.7. The molecule has 2 aromatic heterocycles. The molecule has 7 rings (SSSR count). The molecule has 12 nitrogen and oxygen atoms in total. The molecule has 0 aliphatic carbocycles. The SMILES string of the molecule is N#CCCN(CCn1c2ccccc2c2cccnc21)Cc1ccc(CNC(=O)c2ccc3c(c2)C(=O)N(C2CCC(=O)NC2=O)C3=O)cc1. The molecule has 1 saturated heterocycles. The van der Waals surface area contributed by atoms with E-state index in [0.717, 1.165) is 44.5 Å². The Balaban J connectivity index is 0.975. The predicted molar refractivity (Wildman–Crippen MR) is 183 cm³/mol. The number of carbonyl (C=O) groups excluding carboxylic acids is 5. The minimum absolute atomic E-state index is 0.0272. The van der Waals surface area contributed by atoms with Crippen molar-refractivity contribution in [2.45, 2.75) is 44.9 Å². The van der Waals surface area contributed by atoms with Crippen LogP contribution in [0.25, 0.3) is 21.9 Å². The van der Waals surface area contributed by atoms with Crippen LogP contribution in [0.15, 0.2) is 85.1 Å². The number of carbonyl (C=O) groups is 5. The van der Waals surface area contributed by atoms with Crippen molar-refractivity contribution in [3.63, 3.8) is 0 Å². The van der Waals surface area contributed by atoms with Gasteiger partial charge in [0.2, 0.25) is 11.8 Å². The number of aromatic nitrogens is 2. The number of imide groups is 2. The van der Waals surface area contributed by atoms with Gasteiger partial charge in [0.15, 0.2) is 0 Å². The number of hydrogen-bond acceptors (Lipinski definition) is 8. The van der Waals surface area contributed by atoms with E-state index in [9.17, 15) is 29.2 Å². The summed E-state index contributed by atoms with van der Waals surface area (Å²) in [6.45, 7) is 2.96. The highest BCUT2D eigenvalue weighted by Crippen LogP contribution is 2.29. The van der Waals surface area contributed by atoms with Gasteiger partial charge in [-0.05, 0) is 53.9 Å². The molecular formula is C38H33N7O5. The van der Waals surface area contributed by atoms with Crippen LogP contribution in [-0.2, 0) is 29.2 Å². The number of hydrogen-bond donors (Lipinski definition) is 2. The Morgan fingerprint density at radius 1 is 0.920 bits per heavy atom. The summed E-state index contributed by atoms with van der Waals surface area (Å²) in [4.78, 5) is 70.8. The molecule has 0 bridgehead atoms. The third-order valence-electron chi connectivity index (χ3n) is 9.29. The molecule has 4 heterocycles. The van der Waals surface area contributed by atoms with E-state index in [2.05, 4.69) is 49.4 Å². The summed E-state index contributed by atoms with van der Waals surface area (Å²) in [5.41, 5.74) is 4.38. The standard InChI is InChI=1S/C38H33N7O5/c39-16-4-18-43(19-20-44-31-7-2-1-5-27(31)28-6-3-17-40-34(28)44)23-25-10-8-24(9-11-25)22-41-35(47)26-12-13-29-30(21-26)38(50)45(37(29)49)32-14-15-33(46)42-36(32)48/h1-3,5-13,17,21,32H,4,14-15,18-20,22-23H2,(H,41,47)(H,42,46,48). The van der Waals surface area contributed by atoms with Gasteiger partial charge in [0.25, 0.3) is 17.7 Å². The molecular weight excluding hydrogens is 634 g/mol. The van der Waals surface area contributed by atoms with Crippen LogP contribution in [0.5, 0.6) is 0 Å². The van der Waals surface area contributed by atoms with Crippen LogP contribution in [0.1, 0.15) is 61.5 Å². The minimum Gasteiger partial charge on any atom is -0.348 e. The average Bonchev–Trinajstić information content (AvgIpc) is 3.58. The maximum absolute atomic E-state index is 13.1. The van der Waals surface area contributed by atoms with Crippen molar-refractivity contribution in [1.82, 2.24) is 30.0 Å². The number of amides is 5. The molecule has 50 heavy (non-hydrogen) atoms. The molecule has 2 aliphatic heterocycles. The lowest BCUT2D eigenvalue weighted by Gasteiger charge is -2.27. The van der Waals surface area contributed by atoms with E-state index < -0.39 is 35.6 Å². The second kappa shape index (κ2) is 13.7. The summed E-state index contributed by atoms with van der Waals surface area (Å²) in [7, 11) is 0. The number of piperidine rings is 1. The highest BCUT2D eigenvalue weighted by Gasteiger charge is 2.44. The van der Waals surface area contributed by atoms with Crippen LogP contribution in [0, 0.1) is 11.3 Å². The van der Waals surface area contributed by atoms with E-state index in [4.69, 9.17) is 0 Å². The normalized spacial score (nSPS) is 15.8. The van der Waals surface area contributed by atoms with E-state index in [0.29, 0.717) is 26.1 Å². The van der Waals surface area contributed by atoms with E-state index in [1.807, 2.05) is 48.7 Å². The molecule has 250 valence electrons. The molecule has 1 unspecified atom stereocenters. The Hall–Kier alpha value is -6.19. The van der Waals surface area contributed by atoms with Crippen LogP contribution in [0.3, 0.4) is 0 Å². The van der Waals surface area contributed by atoms with Gasteiger partial charge in [0.1, 0.15) is 11.7 Å². The van der Waals surface area contributed by atoms with Crippen molar-refractivity contribution < 1.29 is 24.0 Å². The Labute approximate surface area is 287 Å². The topological polar surface area (TPSA) is 158 Å². The number of fused-ring (bicyclic) bond motifs is 4. The maximum Gasteiger partial charge on any atom is 0.262 e. The number of para-hydroxylation sites is 1. The van der Waals surface area contributed by atoms with Crippen molar-refractivity contribution >= 4 is 51.5 Å². The largest absolute Gasteiger partial charge is 0.348 e. The van der Waals surface area contributed by atoms with Crippen molar-refractivity contribution in [2.75, 3.05) is 13.1 Å². The summed E-state index contributed by atoms with van der Waals surface area (Å²) < 4.78 is 2.24. The van der Waals surface area contributed by atoms with Gasteiger partial charge in [-0.15, -0.1) is 0 Å². The first-order valence-electron chi connectivity index (χ1n) is 16.5. The second-order valence-electron chi connectivity index (χ2n) is 12.4. The van der Waals surface area contributed by atoms with Gasteiger partial charge < -0.3 is 9.88 Å². The van der Waals surface area contributed by atoms with Crippen LogP contribution in [-0.4, -0.2) is 68.0 Å². The zero-order valence-corrected chi connectivity index (χ0v) is 27.1. The fourth-order valence-electron chi connectivity index (χ4n) is 6.74. The zero-order valence-electron chi connectivity index (χ0n) is 27.1. The van der Waals surface area contributed by atoms with Crippen LogP contribution >= 0.6 is 0 Å². The molecule has 5 aromatic rings. The molecule has 0 radical (unpaired) electrons. The molecule has 2 aliphatic rings. The molecule has 3 aromatic carbocycles. The van der Waals surface area contributed by atoms with E-state index in [1.165, 1.54) is 18.2 Å². The predicted octanol–water partition coefficient (Wildman–Crippen LogP) is 3.94. The van der Waals surface area contributed by atoms with E-state index in [1.54, 1.807) is 0 Å². The van der Waals surface area contributed by atoms with Gasteiger partial charge in [-0.3, -0.25) is 39.1 Å². The first kappa shape index (κ1) is 32.4. The highest BCUT2D eigenvalue weighted by atomic mass is 16.2. The maximum atomic E-state index is 13.1. The number of pyridine rings is 1. The first-order valence-corrected chi connectivity index (χ1v) is 16.5. The molecule has 2 N–H and O–H groups in total. The first-order chi connectivity index (χ1) is 24.3. The van der Waals surface area contributed by atoms with E-state index >= 15 is 0 Å². The molecule has 1 atom stereocenters. The summed E-state index contributed by atoms with van der Waals surface area (Å²) in [5.74, 6) is -2.84. The Kier molecular flexibility index (Phi) is 8.89. The lowest BCUT2D eigenvalue weighted by atomic mass is 10.0. The number of benzene rings is 3. The number of nitriles is 1. The minimum atomic E-state index is -1.07. The van der Waals surface area contributed by atoms with Crippen molar-refractivity contribution in [3.05, 3.63) is 113 Å². The van der Waals surface area contributed by atoms with E-state index in [-0.39, 0.29) is 36.1 Å². The van der Waals surface area contributed by atoms with Gasteiger partial charge >= 0.3 is 0 Å². The number of nitrogens with one attached hydrogen (secondary N) is 2.